The molecule has 0 aliphatic heterocycles. The van der Waals surface area contributed by atoms with Gasteiger partial charge in [-0.15, -0.1) is 0 Å². The summed E-state index contributed by atoms with van der Waals surface area (Å²) in [5.74, 6) is 2.41. The number of hydrogen-bond acceptors (Lipinski definition) is 2. The third kappa shape index (κ3) is 5.45. The van der Waals surface area contributed by atoms with Crippen LogP contribution in [0.15, 0.2) is 0 Å². The van der Waals surface area contributed by atoms with Gasteiger partial charge in [-0.25, -0.2) is 0 Å². The normalized spacial score (nSPS) is 27.1. The van der Waals surface area contributed by atoms with Crippen LogP contribution in [0.1, 0.15) is 51.9 Å². The molecule has 0 spiro atoms. The summed E-state index contributed by atoms with van der Waals surface area (Å²) in [4.78, 5) is 0. The predicted molar refractivity (Wildman–Crippen MR) is 70.0 cm³/mol. The highest BCUT2D eigenvalue weighted by atomic mass is 32.1. The molecule has 0 aromatic rings. The Hall–Kier alpha value is -0.180. The maximum atomic E-state index is 7.82. The molecule has 1 aliphatic carbocycles. The van der Waals surface area contributed by atoms with E-state index in [4.69, 9.17) is 5.41 Å². The van der Waals surface area contributed by atoms with Crippen LogP contribution in [0.3, 0.4) is 0 Å². The Bertz CT molecular complexity index is 194. The van der Waals surface area contributed by atoms with Gasteiger partial charge < -0.3 is 5.32 Å². The monoisotopic (exact) mass is 228 g/mol. The lowest BCUT2D eigenvalue weighted by atomic mass is 10.0. The first-order valence-electron chi connectivity index (χ1n) is 6.17. The fourth-order valence-electron chi connectivity index (χ4n) is 2.31. The summed E-state index contributed by atoms with van der Waals surface area (Å²) >= 11 is 4.17. The van der Waals surface area contributed by atoms with Crippen LogP contribution < -0.4 is 5.32 Å². The van der Waals surface area contributed by atoms with E-state index < -0.39 is 0 Å². The quantitative estimate of drug-likeness (QED) is 0.294. The predicted octanol–water partition coefficient (Wildman–Crippen LogP) is 3.23. The zero-order chi connectivity index (χ0) is 11.1. The largest absolute Gasteiger partial charge is 0.371 e. The van der Waals surface area contributed by atoms with Crippen molar-refractivity contribution in [1.29, 1.82) is 5.41 Å². The Balaban J connectivity index is 2.26. The Morgan fingerprint density at radius 3 is 2.87 bits per heavy atom. The Kier molecular flexibility index (Phi) is 6.15. The molecule has 0 amide bonds. The third-order valence-corrected chi connectivity index (χ3v) is 3.47. The fourth-order valence-corrected chi connectivity index (χ4v) is 2.47. The van der Waals surface area contributed by atoms with E-state index in [9.17, 15) is 0 Å². The van der Waals surface area contributed by atoms with Gasteiger partial charge in [-0.05, 0) is 30.9 Å². The van der Waals surface area contributed by atoms with E-state index in [1.807, 2.05) is 0 Å². The van der Waals surface area contributed by atoms with Gasteiger partial charge in [0.25, 0.3) is 0 Å². The maximum absolute atomic E-state index is 7.82. The molecule has 1 fully saturated rings. The summed E-state index contributed by atoms with van der Waals surface area (Å²) < 4.78 is 0. The number of amidine groups is 1. The second kappa shape index (κ2) is 7.15. The lowest BCUT2D eigenvalue weighted by Gasteiger charge is -2.20. The molecule has 1 rings (SSSR count). The van der Waals surface area contributed by atoms with E-state index in [2.05, 4.69) is 24.9 Å². The number of nitrogens with one attached hydrogen (secondary N) is 2. The molecule has 1 aliphatic rings. The molecule has 0 aromatic carbocycles. The van der Waals surface area contributed by atoms with E-state index in [1.165, 1.54) is 32.1 Å². The van der Waals surface area contributed by atoms with E-state index in [1.54, 1.807) is 0 Å². The summed E-state index contributed by atoms with van der Waals surface area (Å²) in [5.41, 5.74) is 0. The highest BCUT2D eigenvalue weighted by molar-refractivity contribution is 7.80. The van der Waals surface area contributed by atoms with Crippen molar-refractivity contribution in [3.8, 4) is 0 Å². The zero-order valence-electron chi connectivity index (χ0n) is 9.76. The number of hydrogen-bond donors (Lipinski definition) is 3. The molecule has 2 atom stereocenters. The minimum absolute atomic E-state index is 0.551. The topological polar surface area (TPSA) is 35.9 Å². The van der Waals surface area contributed by atoms with Crippen LogP contribution in [0.25, 0.3) is 0 Å². The highest BCUT2D eigenvalue weighted by Gasteiger charge is 2.17. The number of rotatable bonds is 4. The summed E-state index contributed by atoms with van der Waals surface area (Å²) in [5, 5.41) is 11.2. The van der Waals surface area contributed by atoms with Crippen LogP contribution in [0.2, 0.25) is 0 Å². The van der Waals surface area contributed by atoms with Crippen LogP contribution in [-0.2, 0) is 0 Å². The summed E-state index contributed by atoms with van der Waals surface area (Å²) in [7, 11) is 0. The maximum Gasteiger partial charge on any atom is 0.0933 e. The van der Waals surface area contributed by atoms with Crippen molar-refractivity contribution < 1.29 is 0 Å². The van der Waals surface area contributed by atoms with Gasteiger partial charge in [-0.1, -0.05) is 26.2 Å². The lowest BCUT2D eigenvalue weighted by Crippen LogP contribution is -2.34. The Morgan fingerprint density at radius 1 is 1.40 bits per heavy atom. The SMILES string of the molecule is CC1CCCCC(NC(=N)CCCS)C1. The molecular weight excluding hydrogens is 204 g/mol. The van der Waals surface area contributed by atoms with Crippen LogP contribution in [0, 0.1) is 11.3 Å². The van der Waals surface area contributed by atoms with E-state index in [0.717, 1.165) is 24.5 Å². The number of thiol groups is 1. The molecule has 0 aromatic heterocycles. The van der Waals surface area contributed by atoms with Crippen LogP contribution in [0.5, 0.6) is 0 Å². The molecular formula is C12H24N2S. The molecule has 0 radical (unpaired) electrons. The van der Waals surface area contributed by atoms with Crippen molar-refractivity contribution in [3.63, 3.8) is 0 Å². The van der Waals surface area contributed by atoms with E-state index in [-0.39, 0.29) is 0 Å². The lowest BCUT2D eigenvalue weighted by molar-refractivity contribution is 0.444. The first-order chi connectivity index (χ1) is 7.22. The van der Waals surface area contributed by atoms with Crippen molar-refractivity contribution in [2.45, 2.75) is 57.9 Å². The highest BCUT2D eigenvalue weighted by Crippen LogP contribution is 2.22. The average Bonchev–Trinajstić information content (AvgIpc) is 2.39. The first kappa shape index (κ1) is 12.9. The van der Waals surface area contributed by atoms with Gasteiger partial charge in [0.05, 0.1) is 5.84 Å². The second-order valence-corrected chi connectivity index (χ2v) is 5.22. The molecule has 0 bridgehead atoms. The molecule has 2 nitrogen and oxygen atoms in total. The first-order valence-corrected chi connectivity index (χ1v) is 6.80. The van der Waals surface area contributed by atoms with Gasteiger partial charge in [0.15, 0.2) is 0 Å². The zero-order valence-corrected chi connectivity index (χ0v) is 10.7. The molecule has 0 saturated heterocycles. The minimum atomic E-state index is 0.551. The van der Waals surface area contributed by atoms with Gasteiger partial charge in [-0.3, -0.25) is 5.41 Å². The smallest absolute Gasteiger partial charge is 0.0933 e. The van der Waals surface area contributed by atoms with Crippen molar-refractivity contribution in [2.75, 3.05) is 5.75 Å². The molecule has 0 heterocycles. The molecule has 3 heteroatoms. The van der Waals surface area contributed by atoms with E-state index >= 15 is 0 Å². The van der Waals surface area contributed by atoms with Gasteiger partial charge in [0.2, 0.25) is 0 Å². The van der Waals surface area contributed by atoms with Crippen LogP contribution in [-0.4, -0.2) is 17.6 Å². The van der Waals surface area contributed by atoms with Crippen LogP contribution >= 0.6 is 12.6 Å². The van der Waals surface area contributed by atoms with Crippen molar-refractivity contribution in [3.05, 3.63) is 0 Å². The summed E-state index contributed by atoms with van der Waals surface area (Å²) in [6.45, 7) is 2.33. The molecule has 2 N–H and O–H groups in total. The van der Waals surface area contributed by atoms with Gasteiger partial charge >= 0.3 is 0 Å². The van der Waals surface area contributed by atoms with Crippen molar-refractivity contribution in [1.82, 2.24) is 5.32 Å². The summed E-state index contributed by atoms with van der Waals surface area (Å²) in [6, 6.07) is 0.551. The molecule has 2 unspecified atom stereocenters. The summed E-state index contributed by atoms with van der Waals surface area (Å²) in [6.07, 6.45) is 8.40. The molecule has 88 valence electrons. The Morgan fingerprint density at radius 2 is 2.13 bits per heavy atom. The standard InChI is InChI=1S/C12H24N2S/c1-10-5-2-3-6-11(9-10)14-12(13)7-4-8-15/h10-11,15H,2-9H2,1H3,(H2,13,14). The fraction of sp³-hybridized carbons (Fsp3) is 0.917. The van der Waals surface area contributed by atoms with Gasteiger partial charge in [-0.2, -0.15) is 12.6 Å². The molecule has 1 saturated carbocycles. The average molecular weight is 228 g/mol. The van der Waals surface area contributed by atoms with Crippen molar-refractivity contribution in [2.24, 2.45) is 5.92 Å². The molecule has 15 heavy (non-hydrogen) atoms. The second-order valence-electron chi connectivity index (χ2n) is 4.77. The van der Waals surface area contributed by atoms with Gasteiger partial charge in [0, 0.05) is 12.5 Å². The van der Waals surface area contributed by atoms with Crippen LogP contribution in [0.4, 0.5) is 0 Å². The van der Waals surface area contributed by atoms with Gasteiger partial charge in [0.1, 0.15) is 0 Å². The third-order valence-electron chi connectivity index (χ3n) is 3.15. The van der Waals surface area contributed by atoms with E-state index in [0.29, 0.717) is 11.9 Å². The van der Waals surface area contributed by atoms with Crippen molar-refractivity contribution >= 4 is 18.5 Å². The minimum Gasteiger partial charge on any atom is -0.371 e. The Labute approximate surface area is 99.1 Å².